The quantitative estimate of drug-likeness (QED) is 0.703. The molecule has 6 heteroatoms. The number of fused-ring (bicyclic) bond motifs is 1. The lowest BCUT2D eigenvalue weighted by Gasteiger charge is -2.32. The van der Waals surface area contributed by atoms with Crippen molar-refractivity contribution in [2.45, 2.75) is 25.8 Å². The van der Waals surface area contributed by atoms with E-state index in [0.29, 0.717) is 12.2 Å². The molecule has 1 unspecified atom stereocenters. The lowest BCUT2D eigenvalue weighted by molar-refractivity contribution is -0.120. The van der Waals surface area contributed by atoms with Crippen molar-refractivity contribution < 1.29 is 9.18 Å². The van der Waals surface area contributed by atoms with Gasteiger partial charge in [-0.25, -0.2) is 9.37 Å². The Morgan fingerprint density at radius 2 is 2.14 bits per heavy atom. The third-order valence-electron chi connectivity index (χ3n) is 4.95. The summed E-state index contributed by atoms with van der Waals surface area (Å²) in [5.41, 5.74) is 3.44. The summed E-state index contributed by atoms with van der Waals surface area (Å²) in [5.74, 6) is -0.390. The molecule has 0 fully saturated rings. The standard InChI is InChI=1S/C22H22FN3OS/c1-15-12-17-8-5-10-26(21(17)18(23)13-15)14-19(27)25-20(22-24-9-11-28-22)16-6-3-2-4-7-16/h2-4,6-7,9,11-13,20H,5,8,10,14H2,1H3,(H,25,27). The van der Waals surface area contributed by atoms with E-state index < -0.39 is 0 Å². The molecule has 1 atom stereocenters. The molecule has 2 heterocycles. The number of carbonyl (C=O) groups is 1. The number of carbonyl (C=O) groups excluding carboxylic acids is 1. The molecular formula is C22H22FN3OS. The van der Waals surface area contributed by atoms with Gasteiger partial charge in [-0.1, -0.05) is 36.4 Å². The third kappa shape index (κ3) is 3.92. The summed E-state index contributed by atoms with van der Waals surface area (Å²) in [5, 5.41) is 5.82. The second kappa shape index (κ2) is 8.10. The van der Waals surface area contributed by atoms with Crippen molar-refractivity contribution in [3.63, 3.8) is 0 Å². The van der Waals surface area contributed by atoms with Gasteiger partial charge in [-0.2, -0.15) is 0 Å². The molecule has 1 N–H and O–H groups in total. The summed E-state index contributed by atoms with van der Waals surface area (Å²) in [6.45, 7) is 2.70. The Bertz CT molecular complexity index is 959. The number of aryl methyl sites for hydroxylation is 2. The molecule has 1 amide bonds. The van der Waals surface area contributed by atoms with E-state index in [2.05, 4.69) is 10.3 Å². The minimum absolute atomic E-state index is 0.127. The SMILES string of the molecule is Cc1cc(F)c2c(c1)CCCN2CC(=O)NC(c1ccccc1)c1nccs1. The molecule has 3 aromatic rings. The zero-order chi connectivity index (χ0) is 19.5. The molecule has 2 aromatic carbocycles. The van der Waals surface area contributed by atoms with Gasteiger partial charge < -0.3 is 10.2 Å². The Kier molecular flexibility index (Phi) is 5.39. The second-order valence-corrected chi connectivity index (χ2v) is 7.99. The lowest BCUT2D eigenvalue weighted by Crippen LogP contribution is -2.41. The molecule has 1 aliphatic rings. The molecule has 144 valence electrons. The molecule has 4 nitrogen and oxygen atoms in total. The molecular weight excluding hydrogens is 373 g/mol. The predicted octanol–water partition coefficient (Wildman–Crippen LogP) is 4.25. The smallest absolute Gasteiger partial charge is 0.240 e. The van der Waals surface area contributed by atoms with Crippen LogP contribution in [0.15, 0.2) is 54.0 Å². The minimum Gasteiger partial charge on any atom is -0.360 e. The average molecular weight is 396 g/mol. The van der Waals surface area contributed by atoms with Crippen LogP contribution in [0.2, 0.25) is 0 Å². The molecule has 0 radical (unpaired) electrons. The fraction of sp³-hybridized carbons (Fsp3) is 0.273. The van der Waals surface area contributed by atoms with Crippen LogP contribution in [0, 0.1) is 12.7 Å². The number of hydrogen-bond acceptors (Lipinski definition) is 4. The van der Waals surface area contributed by atoms with Crippen LogP contribution in [0.1, 0.15) is 34.2 Å². The van der Waals surface area contributed by atoms with Crippen molar-refractivity contribution in [2.24, 2.45) is 0 Å². The fourth-order valence-corrected chi connectivity index (χ4v) is 4.49. The maximum absolute atomic E-state index is 14.6. The highest BCUT2D eigenvalue weighted by molar-refractivity contribution is 7.09. The number of rotatable bonds is 5. The molecule has 1 aromatic heterocycles. The van der Waals surface area contributed by atoms with Crippen molar-refractivity contribution in [2.75, 3.05) is 18.0 Å². The average Bonchev–Trinajstić information content (AvgIpc) is 3.21. The van der Waals surface area contributed by atoms with E-state index in [4.69, 9.17) is 0 Å². The van der Waals surface area contributed by atoms with Gasteiger partial charge in [0.1, 0.15) is 16.9 Å². The van der Waals surface area contributed by atoms with Crippen LogP contribution in [0.5, 0.6) is 0 Å². The number of nitrogens with zero attached hydrogens (tertiary/aromatic N) is 2. The van der Waals surface area contributed by atoms with Gasteiger partial charge in [0.05, 0.1) is 12.2 Å². The fourth-order valence-electron chi connectivity index (χ4n) is 3.77. The van der Waals surface area contributed by atoms with Crippen LogP contribution in [0.3, 0.4) is 0 Å². The van der Waals surface area contributed by atoms with E-state index in [1.54, 1.807) is 6.20 Å². The zero-order valence-electron chi connectivity index (χ0n) is 15.7. The monoisotopic (exact) mass is 395 g/mol. The van der Waals surface area contributed by atoms with Crippen molar-refractivity contribution in [1.29, 1.82) is 0 Å². The van der Waals surface area contributed by atoms with Crippen LogP contribution >= 0.6 is 11.3 Å². The van der Waals surface area contributed by atoms with Crippen molar-refractivity contribution in [3.05, 3.63) is 81.6 Å². The number of anilines is 1. The van der Waals surface area contributed by atoms with E-state index in [9.17, 15) is 9.18 Å². The highest BCUT2D eigenvalue weighted by Crippen LogP contribution is 2.31. The van der Waals surface area contributed by atoms with E-state index >= 15 is 0 Å². The first-order chi connectivity index (χ1) is 13.6. The summed E-state index contributed by atoms with van der Waals surface area (Å²) in [6.07, 6.45) is 3.50. The van der Waals surface area contributed by atoms with E-state index in [-0.39, 0.29) is 24.3 Å². The van der Waals surface area contributed by atoms with Gasteiger partial charge >= 0.3 is 0 Å². The summed E-state index contributed by atoms with van der Waals surface area (Å²) < 4.78 is 14.6. The van der Waals surface area contributed by atoms with Crippen LogP contribution in [-0.2, 0) is 11.2 Å². The van der Waals surface area contributed by atoms with Gasteiger partial charge in [0, 0.05) is 18.1 Å². The Morgan fingerprint density at radius 1 is 1.32 bits per heavy atom. The second-order valence-electron chi connectivity index (χ2n) is 7.06. The van der Waals surface area contributed by atoms with Gasteiger partial charge in [-0.05, 0) is 42.5 Å². The maximum Gasteiger partial charge on any atom is 0.240 e. The Labute approximate surface area is 168 Å². The topological polar surface area (TPSA) is 45.2 Å². The highest BCUT2D eigenvalue weighted by atomic mass is 32.1. The van der Waals surface area contributed by atoms with E-state index in [0.717, 1.165) is 34.5 Å². The Balaban J connectivity index is 1.54. The summed E-state index contributed by atoms with van der Waals surface area (Å²) in [7, 11) is 0. The largest absolute Gasteiger partial charge is 0.360 e. The van der Waals surface area contributed by atoms with Crippen LogP contribution in [-0.4, -0.2) is 24.0 Å². The first-order valence-electron chi connectivity index (χ1n) is 9.39. The summed E-state index contributed by atoms with van der Waals surface area (Å²) >= 11 is 1.51. The van der Waals surface area contributed by atoms with Gasteiger partial charge in [0.15, 0.2) is 0 Å². The zero-order valence-corrected chi connectivity index (χ0v) is 16.5. The van der Waals surface area contributed by atoms with Crippen LogP contribution in [0.25, 0.3) is 0 Å². The van der Waals surface area contributed by atoms with Crippen LogP contribution in [0.4, 0.5) is 10.1 Å². The van der Waals surface area contributed by atoms with E-state index in [1.807, 2.05) is 53.6 Å². The van der Waals surface area contributed by atoms with Gasteiger partial charge in [-0.3, -0.25) is 4.79 Å². The number of nitrogens with one attached hydrogen (secondary N) is 1. The third-order valence-corrected chi connectivity index (χ3v) is 5.79. The molecule has 0 saturated carbocycles. The number of halogens is 1. The first kappa shape index (κ1) is 18.6. The van der Waals surface area contributed by atoms with Gasteiger partial charge in [-0.15, -0.1) is 11.3 Å². The van der Waals surface area contributed by atoms with Gasteiger partial charge in [0.2, 0.25) is 5.91 Å². The Hall–Kier alpha value is -2.73. The van der Waals surface area contributed by atoms with Crippen LogP contribution < -0.4 is 10.2 Å². The molecule has 0 aliphatic carbocycles. The summed E-state index contributed by atoms with van der Waals surface area (Å²) in [4.78, 5) is 19.1. The van der Waals surface area contributed by atoms with Crippen molar-refractivity contribution >= 4 is 22.9 Å². The predicted molar refractivity (Wildman–Crippen MR) is 110 cm³/mol. The maximum atomic E-state index is 14.6. The van der Waals surface area contributed by atoms with Crippen molar-refractivity contribution in [1.82, 2.24) is 10.3 Å². The van der Waals surface area contributed by atoms with Crippen molar-refractivity contribution in [3.8, 4) is 0 Å². The number of amides is 1. The number of benzene rings is 2. The molecule has 0 saturated heterocycles. The molecule has 28 heavy (non-hydrogen) atoms. The first-order valence-corrected chi connectivity index (χ1v) is 10.3. The molecule has 1 aliphatic heterocycles. The highest BCUT2D eigenvalue weighted by Gasteiger charge is 2.25. The van der Waals surface area contributed by atoms with E-state index in [1.165, 1.54) is 17.4 Å². The Morgan fingerprint density at radius 3 is 2.89 bits per heavy atom. The number of thiazole rings is 1. The lowest BCUT2D eigenvalue weighted by atomic mass is 9.99. The molecule has 4 rings (SSSR count). The minimum atomic E-state index is -0.305. The number of hydrogen-bond donors (Lipinski definition) is 1. The molecule has 0 bridgehead atoms. The van der Waals surface area contributed by atoms with Gasteiger partial charge in [0.25, 0.3) is 0 Å². The molecule has 0 spiro atoms. The number of aromatic nitrogens is 1. The summed E-state index contributed by atoms with van der Waals surface area (Å²) in [6, 6.07) is 13.0. The normalized spacial score (nSPS) is 14.4.